The number of hydrogen-bond acceptors (Lipinski definition) is 7. The molecule has 0 radical (unpaired) electrons. The first kappa shape index (κ1) is 38.4. The first-order valence-electron chi connectivity index (χ1n) is 18.5. The molecule has 2 bridgehead atoms. The Kier molecular flexibility index (Phi) is 9.95. The van der Waals surface area contributed by atoms with Gasteiger partial charge in [0, 0.05) is 36.5 Å². The van der Waals surface area contributed by atoms with Gasteiger partial charge in [-0.3, -0.25) is 14.4 Å². The summed E-state index contributed by atoms with van der Waals surface area (Å²) >= 11 is 0. The van der Waals surface area contributed by atoms with Crippen molar-refractivity contribution in [1.29, 1.82) is 0 Å². The molecule has 7 atom stereocenters. The molecule has 2 heterocycles. The maximum absolute atomic E-state index is 15.9. The number of rotatable bonds is 11. The number of benzene rings is 1. The van der Waals surface area contributed by atoms with Gasteiger partial charge >= 0.3 is 0 Å². The fraction of sp³-hybridized carbons (Fsp3) is 0.651. The lowest BCUT2D eigenvalue weighted by Crippen LogP contribution is -2.70. The highest BCUT2D eigenvalue weighted by Gasteiger charge is 2.78. The van der Waals surface area contributed by atoms with E-state index < -0.39 is 56.6 Å². The van der Waals surface area contributed by atoms with Crippen LogP contribution in [-0.2, 0) is 19.1 Å². The number of Topliss-reactive ketones (excluding diaryl/α,β-unsaturated/α-hetero) is 3. The second-order valence-corrected chi connectivity index (χ2v) is 18.1. The smallest absolute Gasteiger partial charge is 0.184 e. The average Bonchev–Trinajstić information content (AvgIpc) is 3.48. The summed E-state index contributed by atoms with van der Waals surface area (Å²) in [6.45, 7) is 21.4. The van der Waals surface area contributed by atoms with E-state index in [1.54, 1.807) is 38.1 Å². The van der Waals surface area contributed by atoms with Gasteiger partial charge in [0.1, 0.15) is 11.9 Å². The molecular formula is C43H60O7. The van der Waals surface area contributed by atoms with E-state index in [0.717, 1.165) is 11.1 Å². The van der Waals surface area contributed by atoms with Gasteiger partial charge in [0.15, 0.2) is 22.8 Å². The Labute approximate surface area is 299 Å². The molecule has 2 saturated heterocycles. The third-order valence-electron chi connectivity index (χ3n) is 13.0. The number of carbonyl (C=O) groups excluding carboxylic acids is 3. The molecule has 1 spiro atoms. The SMILES string of the molecule is CC(C)=CCC[C@]1(C)[C@@H](CC=C(C)C)C[C@]23C[C@@H](C(C)(C)O)OC2=C(C[C@@H]2OC(C)(C)[C@@H](CO)C2(C)C)C(=O)[C@@]1(C(=O)c1ccccc1)C3=O. The van der Waals surface area contributed by atoms with Gasteiger partial charge in [-0.25, -0.2) is 0 Å². The standard InChI is InChI=1S/C43H60O7/c1-26(2)16-15-21-41(11)29(20-19-27(3)4)23-42-24-33(39(7,8)48)49-36(42)30(22-32-38(5,6)31(25-44)40(9,10)50-32)35(46)43(41,37(42)47)34(45)28-17-13-12-14-18-28/h12-14,16-19,29,31-33,44,48H,15,20-25H2,1-11H3/t29-,31-,32-,33-,41+,42-,43-/m0/s1. The van der Waals surface area contributed by atoms with E-state index in [0.29, 0.717) is 42.6 Å². The molecule has 2 aliphatic heterocycles. The van der Waals surface area contributed by atoms with Crippen molar-refractivity contribution in [2.45, 2.75) is 138 Å². The number of allylic oxidation sites excluding steroid dienone is 5. The summed E-state index contributed by atoms with van der Waals surface area (Å²) in [5.74, 6) is -1.45. The predicted octanol–water partition coefficient (Wildman–Crippen LogP) is 8.14. The van der Waals surface area contributed by atoms with Crippen LogP contribution in [0.2, 0.25) is 0 Å². The lowest BCUT2D eigenvalue weighted by atomic mass is 9.38. The Morgan fingerprint density at radius 1 is 0.960 bits per heavy atom. The minimum absolute atomic E-state index is 0.0824. The molecule has 50 heavy (non-hydrogen) atoms. The van der Waals surface area contributed by atoms with E-state index in [4.69, 9.17) is 9.47 Å². The van der Waals surface area contributed by atoms with E-state index in [9.17, 15) is 10.2 Å². The topological polar surface area (TPSA) is 110 Å². The highest BCUT2D eigenvalue weighted by atomic mass is 16.5. The van der Waals surface area contributed by atoms with Crippen LogP contribution in [0.1, 0.15) is 125 Å². The molecule has 0 amide bonds. The van der Waals surface area contributed by atoms with E-state index in [2.05, 4.69) is 12.2 Å². The molecule has 7 heteroatoms. The summed E-state index contributed by atoms with van der Waals surface area (Å²) in [4.78, 5) is 47.2. The molecule has 2 N–H and O–H groups in total. The molecule has 5 rings (SSSR count). The molecule has 1 aromatic carbocycles. The van der Waals surface area contributed by atoms with Crippen LogP contribution in [0, 0.1) is 33.5 Å². The van der Waals surface area contributed by atoms with E-state index in [1.807, 2.05) is 68.4 Å². The number of carbonyl (C=O) groups is 3. The first-order valence-corrected chi connectivity index (χ1v) is 18.5. The number of aliphatic hydroxyl groups is 2. The zero-order valence-electron chi connectivity index (χ0n) is 32.2. The fourth-order valence-electron chi connectivity index (χ4n) is 10.1. The first-order chi connectivity index (χ1) is 23.1. The normalized spacial score (nSPS) is 34.3. The second-order valence-electron chi connectivity index (χ2n) is 18.1. The van der Waals surface area contributed by atoms with Crippen molar-refractivity contribution < 1.29 is 34.1 Å². The van der Waals surface area contributed by atoms with E-state index in [1.165, 1.54) is 0 Å². The summed E-state index contributed by atoms with van der Waals surface area (Å²) in [6, 6.07) is 8.80. The van der Waals surface area contributed by atoms with Crippen LogP contribution in [0.25, 0.3) is 0 Å². The van der Waals surface area contributed by atoms with Crippen LogP contribution in [-0.4, -0.2) is 57.6 Å². The number of fused-ring (bicyclic) bond motifs is 1. The highest BCUT2D eigenvalue weighted by molar-refractivity contribution is 6.36. The van der Waals surface area contributed by atoms with E-state index >= 15 is 14.4 Å². The van der Waals surface area contributed by atoms with Crippen molar-refractivity contribution >= 4 is 17.3 Å². The maximum atomic E-state index is 15.9. The third kappa shape index (κ3) is 5.80. The number of hydrogen-bond donors (Lipinski definition) is 2. The van der Waals surface area contributed by atoms with Crippen LogP contribution >= 0.6 is 0 Å². The van der Waals surface area contributed by atoms with Gasteiger partial charge in [0.25, 0.3) is 0 Å². The molecule has 7 nitrogen and oxygen atoms in total. The molecule has 1 aromatic rings. The number of ketones is 3. The van der Waals surface area contributed by atoms with Crippen LogP contribution < -0.4 is 0 Å². The van der Waals surface area contributed by atoms with Gasteiger partial charge in [-0.2, -0.15) is 0 Å². The van der Waals surface area contributed by atoms with Crippen LogP contribution in [0.5, 0.6) is 0 Å². The van der Waals surface area contributed by atoms with Gasteiger partial charge in [0.2, 0.25) is 0 Å². The molecule has 274 valence electrons. The molecule has 1 saturated carbocycles. The largest absolute Gasteiger partial charge is 0.490 e. The van der Waals surface area contributed by atoms with Gasteiger partial charge in [-0.15, -0.1) is 0 Å². The number of aliphatic hydroxyl groups excluding tert-OH is 1. The summed E-state index contributed by atoms with van der Waals surface area (Å²) in [5, 5.41) is 21.9. The van der Waals surface area contributed by atoms with Crippen molar-refractivity contribution in [3.8, 4) is 0 Å². The summed E-state index contributed by atoms with van der Waals surface area (Å²) < 4.78 is 13.4. The fourth-order valence-corrected chi connectivity index (χ4v) is 10.1. The zero-order valence-corrected chi connectivity index (χ0v) is 32.2. The molecule has 0 aromatic heterocycles. The number of ether oxygens (including phenoxy) is 2. The quantitative estimate of drug-likeness (QED) is 0.137. The zero-order chi connectivity index (χ0) is 37.2. The van der Waals surface area contributed by atoms with Gasteiger partial charge in [-0.1, -0.05) is 74.4 Å². The molecule has 4 aliphatic rings. The van der Waals surface area contributed by atoms with Crippen molar-refractivity contribution in [2.75, 3.05) is 6.61 Å². The highest BCUT2D eigenvalue weighted by Crippen LogP contribution is 2.70. The van der Waals surface area contributed by atoms with Crippen molar-refractivity contribution in [3.05, 3.63) is 70.5 Å². The third-order valence-corrected chi connectivity index (χ3v) is 13.0. The van der Waals surface area contributed by atoms with E-state index in [-0.39, 0.29) is 37.1 Å². The second kappa shape index (κ2) is 13.0. The van der Waals surface area contributed by atoms with Crippen LogP contribution in [0.3, 0.4) is 0 Å². The van der Waals surface area contributed by atoms with Crippen molar-refractivity contribution in [2.24, 2.45) is 33.5 Å². The van der Waals surface area contributed by atoms with Gasteiger partial charge in [-0.05, 0) is 97.8 Å². The summed E-state index contributed by atoms with van der Waals surface area (Å²) in [5.41, 5.74) is -3.95. The lowest BCUT2D eigenvalue weighted by Gasteiger charge is -2.60. The van der Waals surface area contributed by atoms with Gasteiger partial charge in [0.05, 0.1) is 22.7 Å². The summed E-state index contributed by atoms with van der Waals surface area (Å²) in [7, 11) is 0. The Balaban J connectivity index is 1.84. The monoisotopic (exact) mass is 688 g/mol. The van der Waals surface area contributed by atoms with Crippen molar-refractivity contribution in [3.63, 3.8) is 0 Å². The summed E-state index contributed by atoms with van der Waals surface area (Å²) in [6.07, 6.45) is 5.42. The lowest BCUT2D eigenvalue weighted by molar-refractivity contribution is -0.165. The van der Waals surface area contributed by atoms with Gasteiger partial charge < -0.3 is 19.7 Å². The average molecular weight is 689 g/mol. The Hall–Kier alpha value is -2.87. The van der Waals surface area contributed by atoms with Crippen LogP contribution in [0.15, 0.2) is 65.0 Å². The molecule has 0 unspecified atom stereocenters. The van der Waals surface area contributed by atoms with Crippen LogP contribution in [0.4, 0.5) is 0 Å². The minimum atomic E-state index is -2.02. The Morgan fingerprint density at radius 2 is 1.58 bits per heavy atom. The molecule has 3 fully saturated rings. The maximum Gasteiger partial charge on any atom is 0.184 e. The Morgan fingerprint density at radius 3 is 2.12 bits per heavy atom. The molecular weight excluding hydrogens is 628 g/mol. The minimum Gasteiger partial charge on any atom is -0.490 e. The van der Waals surface area contributed by atoms with Crippen molar-refractivity contribution in [1.82, 2.24) is 0 Å². The molecule has 2 aliphatic carbocycles. The predicted molar refractivity (Wildman–Crippen MR) is 195 cm³/mol. The Bertz CT molecular complexity index is 1610.